The third kappa shape index (κ3) is 4.51. The molecule has 4 aromatic carbocycles. The van der Waals surface area contributed by atoms with Crippen molar-refractivity contribution in [2.45, 2.75) is 13.1 Å². The van der Waals surface area contributed by atoms with Gasteiger partial charge in [0, 0.05) is 31.2 Å². The molecule has 192 valence electrons. The molecule has 0 N–H and O–H groups in total. The minimum absolute atomic E-state index is 0.189. The van der Waals surface area contributed by atoms with Crippen LogP contribution in [0.1, 0.15) is 11.1 Å². The zero-order valence-electron chi connectivity index (χ0n) is 21.3. The molecule has 1 aromatic heterocycles. The summed E-state index contributed by atoms with van der Waals surface area (Å²) >= 11 is 6.62. The number of hydrogen-bond acceptors (Lipinski definition) is 4. The van der Waals surface area contributed by atoms with Crippen LogP contribution in [-0.2, 0) is 13.1 Å². The maximum Gasteiger partial charge on any atom is 0.332 e. The van der Waals surface area contributed by atoms with Gasteiger partial charge in [0.2, 0.25) is 0 Å². The molecule has 0 radical (unpaired) electrons. The second-order valence-electron chi connectivity index (χ2n) is 9.99. The van der Waals surface area contributed by atoms with E-state index in [1.807, 2.05) is 78.9 Å². The molecule has 0 bridgehead atoms. The summed E-state index contributed by atoms with van der Waals surface area (Å²) in [5, 5.41) is 3.16. The number of fused-ring (bicyclic) bond motifs is 2. The highest BCUT2D eigenvalue weighted by molar-refractivity contribution is 6.31. The predicted molar refractivity (Wildman–Crippen MR) is 156 cm³/mol. The van der Waals surface area contributed by atoms with E-state index in [-0.39, 0.29) is 17.8 Å². The van der Waals surface area contributed by atoms with E-state index in [9.17, 15) is 9.59 Å². The maximum absolute atomic E-state index is 14.2. The van der Waals surface area contributed by atoms with Crippen molar-refractivity contribution in [3.63, 3.8) is 0 Å². The number of halogens is 1. The minimum atomic E-state index is -0.342. The van der Waals surface area contributed by atoms with E-state index in [0.717, 1.165) is 53.8 Å². The van der Waals surface area contributed by atoms with Crippen molar-refractivity contribution < 1.29 is 0 Å². The number of anilines is 1. The summed E-state index contributed by atoms with van der Waals surface area (Å²) in [5.74, 6) is 0. The molecule has 38 heavy (non-hydrogen) atoms. The molecule has 1 saturated heterocycles. The van der Waals surface area contributed by atoms with Gasteiger partial charge in [-0.15, -0.1) is 0 Å². The molecule has 0 spiro atoms. The van der Waals surface area contributed by atoms with Gasteiger partial charge in [0.05, 0.1) is 29.7 Å². The number of piperazine rings is 1. The van der Waals surface area contributed by atoms with Gasteiger partial charge in [0.15, 0.2) is 0 Å². The number of benzene rings is 4. The van der Waals surface area contributed by atoms with Gasteiger partial charge in [0.25, 0.3) is 5.56 Å². The Bertz CT molecular complexity index is 1750. The highest BCUT2D eigenvalue weighted by Crippen LogP contribution is 2.30. The van der Waals surface area contributed by atoms with Gasteiger partial charge in [-0.25, -0.2) is 4.79 Å². The van der Waals surface area contributed by atoms with Crippen LogP contribution in [0.5, 0.6) is 0 Å². The van der Waals surface area contributed by atoms with E-state index in [0.29, 0.717) is 22.5 Å². The van der Waals surface area contributed by atoms with Crippen LogP contribution >= 0.6 is 11.6 Å². The Balaban J connectivity index is 1.60. The minimum Gasteiger partial charge on any atom is -0.368 e. The first-order valence-electron chi connectivity index (χ1n) is 12.9. The Morgan fingerprint density at radius 2 is 1.47 bits per heavy atom. The van der Waals surface area contributed by atoms with Crippen LogP contribution < -0.4 is 16.1 Å². The Labute approximate surface area is 225 Å². The van der Waals surface area contributed by atoms with Gasteiger partial charge in [-0.05, 0) is 41.1 Å². The molecule has 0 saturated carbocycles. The van der Waals surface area contributed by atoms with Crippen molar-refractivity contribution in [3.8, 4) is 0 Å². The molecule has 1 aliphatic heterocycles. The molecule has 6 rings (SSSR count). The van der Waals surface area contributed by atoms with Crippen molar-refractivity contribution in [1.29, 1.82) is 0 Å². The molecular formula is C31H29ClN4O2. The molecule has 1 aliphatic rings. The summed E-state index contributed by atoms with van der Waals surface area (Å²) in [4.78, 5) is 32.7. The lowest BCUT2D eigenvalue weighted by Gasteiger charge is -2.34. The third-order valence-corrected chi connectivity index (χ3v) is 7.73. The van der Waals surface area contributed by atoms with E-state index in [2.05, 4.69) is 16.8 Å². The lowest BCUT2D eigenvalue weighted by molar-refractivity contribution is 0.313. The standard InChI is InChI=1S/C31H29ClN4O2/c1-33-14-16-34(17-15-33)27-18-25(32)19-28-29(27)30(37)36(31(38)35(28)20-22-8-3-2-4-9-22)21-24-12-7-11-23-10-5-6-13-26(23)24/h2-13,18-19H,14-17,20-21H2,1H3. The first-order valence-corrected chi connectivity index (χ1v) is 13.3. The largest absolute Gasteiger partial charge is 0.368 e. The van der Waals surface area contributed by atoms with Crippen molar-refractivity contribution in [3.05, 3.63) is 122 Å². The number of nitrogens with zero attached hydrogens (tertiary/aromatic N) is 4. The average molecular weight is 525 g/mol. The van der Waals surface area contributed by atoms with Gasteiger partial charge in [-0.1, -0.05) is 84.4 Å². The Morgan fingerprint density at radius 1 is 0.763 bits per heavy atom. The lowest BCUT2D eigenvalue weighted by atomic mass is 10.0. The molecule has 1 fully saturated rings. The Hall–Kier alpha value is -3.87. The number of likely N-dealkylation sites (N-methyl/N-ethyl adjacent to an activating group) is 1. The number of hydrogen-bond donors (Lipinski definition) is 0. The fourth-order valence-corrected chi connectivity index (χ4v) is 5.64. The van der Waals surface area contributed by atoms with Crippen LogP contribution in [-0.4, -0.2) is 47.3 Å². The van der Waals surface area contributed by atoms with Crippen LogP contribution in [0.3, 0.4) is 0 Å². The van der Waals surface area contributed by atoms with E-state index in [1.165, 1.54) is 4.57 Å². The summed E-state index contributed by atoms with van der Waals surface area (Å²) in [5.41, 5.74) is 2.65. The summed E-state index contributed by atoms with van der Waals surface area (Å²) in [6.07, 6.45) is 0. The fourth-order valence-electron chi connectivity index (χ4n) is 5.44. The molecule has 7 heteroatoms. The lowest BCUT2D eigenvalue weighted by Crippen LogP contribution is -2.46. The van der Waals surface area contributed by atoms with Gasteiger partial charge in [-0.3, -0.25) is 13.9 Å². The highest BCUT2D eigenvalue weighted by Gasteiger charge is 2.23. The van der Waals surface area contributed by atoms with Crippen LogP contribution in [0.4, 0.5) is 5.69 Å². The second-order valence-corrected chi connectivity index (χ2v) is 10.4. The first kappa shape index (κ1) is 24.5. The maximum atomic E-state index is 14.2. The number of rotatable bonds is 5. The predicted octanol–water partition coefficient (Wildman–Crippen LogP) is 4.82. The van der Waals surface area contributed by atoms with Gasteiger partial charge in [0.1, 0.15) is 0 Å². The second kappa shape index (κ2) is 10.1. The molecular weight excluding hydrogens is 496 g/mol. The molecule has 0 amide bonds. The van der Waals surface area contributed by atoms with E-state index < -0.39 is 0 Å². The normalized spacial score (nSPS) is 14.4. The Kier molecular flexibility index (Phi) is 6.52. The SMILES string of the molecule is CN1CCN(c2cc(Cl)cc3c2c(=O)n(Cc2cccc4ccccc24)c(=O)n3Cc2ccccc2)CC1. The zero-order valence-corrected chi connectivity index (χ0v) is 22.1. The van der Waals surface area contributed by atoms with Gasteiger partial charge in [-0.2, -0.15) is 0 Å². The van der Waals surface area contributed by atoms with Crippen LogP contribution in [0.15, 0.2) is 94.5 Å². The summed E-state index contributed by atoms with van der Waals surface area (Å²) in [6, 6.07) is 27.5. The summed E-state index contributed by atoms with van der Waals surface area (Å²) < 4.78 is 3.09. The molecule has 2 heterocycles. The molecule has 0 aliphatic carbocycles. The fraction of sp³-hybridized carbons (Fsp3) is 0.226. The van der Waals surface area contributed by atoms with Gasteiger partial charge >= 0.3 is 5.69 Å². The van der Waals surface area contributed by atoms with Crippen LogP contribution in [0.25, 0.3) is 21.7 Å². The summed E-state index contributed by atoms with van der Waals surface area (Å²) in [7, 11) is 2.10. The number of aromatic nitrogens is 2. The monoisotopic (exact) mass is 524 g/mol. The van der Waals surface area contributed by atoms with E-state index in [4.69, 9.17) is 11.6 Å². The zero-order chi connectivity index (χ0) is 26.2. The van der Waals surface area contributed by atoms with Crippen LogP contribution in [0, 0.1) is 0 Å². The van der Waals surface area contributed by atoms with Crippen molar-refractivity contribution in [1.82, 2.24) is 14.0 Å². The van der Waals surface area contributed by atoms with E-state index >= 15 is 0 Å². The Morgan fingerprint density at radius 3 is 2.26 bits per heavy atom. The highest BCUT2D eigenvalue weighted by atomic mass is 35.5. The van der Waals surface area contributed by atoms with Crippen molar-refractivity contribution in [2.24, 2.45) is 0 Å². The first-order chi connectivity index (χ1) is 18.5. The van der Waals surface area contributed by atoms with Crippen molar-refractivity contribution >= 4 is 39.0 Å². The quantitative estimate of drug-likeness (QED) is 0.331. The van der Waals surface area contributed by atoms with Crippen molar-refractivity contribution in [2.75, 3.05) is 38.1 Å². The average Bonchev–Trinajstić information content (AvgIpc) is 2.94. The topological polar surface area (TPSA) is 50.5 Å². The summed E-state index contributed by atoms with van der Waals surface area (Å²) in [6.45, 7) is 3.88. The third-order valence-electron chi connectivity index (χ3n) is 7.51. The molecule has 0 atom stereocenters. The smallest absolute Gasteiger partial charge is 0.332 e. The van der Waals surface area contributed by atoms with Crippen LogP contribution in [0.2, 0.25) is 5.02 Å². The molecule has 0 unspecified atom stereocenters. The van der Waals surface area contributed by atoms with E-state index in [1.54, 1.807) is 10.6 Å². The molecule has 6 nitrogen and oxygen atoms in total. The molecule has 5 aromatic rings. The van der Waals surface area contributed by atoms with Gasteiger partial charge < -0.3 is 9.80 Å².